The van der Waals surface area contributed by atoms with E-state index in [1.807, 2.05) is 27.7 Å². The van der Waals surface area contributed by atoms with E-state index in [2.05, 4.69) is 33.5 Å². The third-order valence-electron chi connectivity index (χ3n) is 4.75. The molecule has 0 bridgehead atoms. The molecule has 1 rings (SSSR count). The van der Waals surface area contributed by atoms with Gasteiger partial charge in [-0.2, -0.15) is 0 Å². The Morgan fingerprint density at radius 1 is 0.897 bits per heavy atom. The molecular formula is C20H41N2O5PSi. The lowest BCUT2D eigenvalue weighted by molar-refractivity contribution is 0.215. The number of ether oxygens (including phenoxy) is 2. The Bertz CT molecular complexity index is 608. The largest absolute Gasteiger partial charge is 0.480 e. The minimum Gasteiger partial charge on any atom is -0.480 e. The number of aliphatic imine (C=N–C) groups is 2. The van der Waals surface area contributed by atoms with E-state index in [9.17, 15) is 4.57 Å². The topological polar surface area (TPSA) is 78.7 Å². The first-order valence-corrected chi connectivity index (χ1v) is 16.0. The van der Waals surface area contributed by atoms with Gasteiger partial charge in [-0.15, -0.1) is 0 Å². The summed E-state index contributed by atoms with van der Waals surface area (Å²) in [5.74, 6) is 1.47. The van der Waals surface area contributed by atoms with Crippen molar-refractivity contribution in [3.05, 3.63) is 0 Å². The van der Waals surface area contributed by atoms with Gasteiger partial charge in [-0.3, -0.25) is 4.57 Å². The average Bonchev–Trinajstić information content (AvgIpc) is 2.60. The molecule has 29 heavy (non-hydrogen) atoms. The fraction of sp³-hybridized carbons (Fsp3) is 0.900. The van der Waals surface area contributed by atoms with Crippen LogP contribution < -0.4 is 0 Å². The van der Waals surface area contributed by atoms with Crippen LogP contribution in [0.4, 0.5) is 0 Å². The van der Waals surface area contributed by atoms with Crippen LogP contribution >= 0.6 is 7.60 Å². The minimum absolute atomic E-state index is 0.163. The van der Waals surface area contributed by atoms with E-state index in [1.54, 1.807) is 0 Å². The second-order valence-corrected chi connectivity index (χ2v) is 16.6. The van der Waals surface area contributed by atoms with Crippen LogP contribution in [0.15, 0.2) is 9.98 Å². The predicted octanol–water partition coefficient (Wildman–Crippen LogP) is 5.17. The molecule has 1 aliphatic rings. The maximum Gasteiger partial charge on any atom is 0.331 e. The summed E-state index contributed by atoms with van der Waals surface area (Å²) < 4.78 is 36.9. The van der Waals surface area contributed by atoms with Crippen LogP contribution in [0.25, 0.3) is 0 Å². The van der Waals surface area contributed by atoms with E-state index in [-0.39, 0.29) is 23.3 Å². The van der Waals surface area contributed by atoms with Crippen molar-refractivity contribution < 1.29 is 23.1 Å². The summed E-state index contributed by atoms with van der Waals surface area (Å²) >= 11 is 0. The van der Waals surface area contributed by atoms with E-state index >= 15 is 0 Å². The highest BCUT2D eigenvalue weighted by Crippen LogP contribution is 2.57. The lowest BCUT2D eigenvalue weighted by atomic mass is 10.0. The van der Waals surface area contributed by atoms with Gasteiger partial charge in [-0.05, 0) is 40.0 Å². The van der Waals surface area contributed by atoms with Gasteiger partial charge in [0.2, 0.25) is 11.8 Å². The fourth-order valence-electron chi connectivity index (χ4n) is 3.45. The summed E-state index contributed by atoms with van der Waals surface area (Å²) in [5.41, 5.74) is 0. The summed E-state index contributed by atoms with van der Waals surface area (Å²) in [6.45, 7) is 20.0. The van der Waals surface area contributed by atoms with Gasteiger partial charge in [0, 0.05) is 0 Å². The van der Waals surface area contributed by atoms with Crippen molar-refractivity contribution in [2.75, 3.05) is 26.4 Å². The van der Waals surface area contributed by atoms with E-state index < -0.39 is 15.7 Å². The zero-order chi connectivity index (χ0) is 22.2. The van der Waals surface area contributed by atoms with Crippen molar-refractivity contribution in [3.63, 3.8) is 0 Å². The molecule has 0 fully saturated rings. The van der Waals surface area contributed by atoms with Crippen LogP contribution in [0.3, 0.4) is 0 Å². The molecule has 0 N–H and O–H groups in total. The van der Waals surface area contributed by atoms with Crippen molar-refractivity contribution in [2.45, 2.75) is 85.0 Å². The van der Waals surface area contributed by atoms with Gasteiger partial charge >= 0.3 is 7.60 Å². The molecule has 9 heteroatoms. The van der Waals surface area contributed by atoms with Gasteiger partial charge < -0.3 is 18.5 Å². The van der Waals surface area contributed by atoms with Crippen molar-refractivity contribution in [3.8, 4) is 0 Å². The van der Waals surface area contributed by atoms with E-state index in [0.29, 0.717) is 44.6 Å². The number of rotatable bonds is 11. The molecule has 0 saturated heterocycles. The number of hydrogen-bond acceptors (Lipinski definition) is 7. The highest BCUT2D eigenvalue weighted by atomic mass is 31.2. The van der Waals surface area contributed by atoms with Gasteiger partial charge in [-0.25, -0.2) is 9.98 Å². The zero-order valence-electron chi connectivity index (χ0n) is 19.7. The van der Waals surface area contributed by atoms with Gasteiger partial charge in [0.25, 0.3) is 0 Å². The Morgan fingerprint density at radius 3 is 1.83 bits per heavy atom. The van der Waals surface area contributed by atoms with Gasteiger partial charge in [-0.1, -0.05) is 33.5 Å². The molecule has 0 aromatic heterocycles. The lowest BCUT2D eigenvalue weighted by Gasteiger charge is -2.37. The van der Waals surface area contributed by atoms with Gasteiger partial charge in [0.05, 0.1) is 39.8 Å². The first-order valence-electron chi connectivity index (χ1n) is 10.8. The van der Waals surface area contributed by atoms with Crippen molar-refractivity contribution in [2.24, 2.45) is 15.9 Å². The molecule has 170 valence electrons. The fourth-order valence-corrected chi connectivity index (χ4v) is 10.2. The maximum absolute atomic E-state index is 13.7. The highest BCUT2D eigenvalue weighted by molar-refractivity contribution is 7.58. The molecule has 7 nitrogen and oxygen atoms in total. The molecule has 1 aliphatic heterocycles. The molecule has 1 heterocycles. The van der Waals surface area contributed by atoms with Crippen LogP contribution in [0.5, 0.6) is 0 Å². The molecule has 0 aromatic carbocycles. The first-order chi connectivity index (χ1) is 13.5. The molecule has 0 saturated carbocycles. The first kappa shape index (κ1) is 26.3. The molecular weight excluding hydrogens is 407 g/mol. The normalized spacial score (nSPS) is 21.6. The highest BCUT2D eigenvalue weighted by Gasteiger charge is 2.47. The summed E-state index contributed by atoms with van der Waals surface area (Å²) in [5, 5.41) is -0.229. The summed E-state index contributed by atoms with van der Waals surface area (Å²) in [7, 11) is -5.24. The Balaban J connectivity index is 3.36. The Labute approximate surface area is 178 Å². The van der Waals surface area contributed by atoms with Gasteiger partial charge in [0.15, 0.2) is 0 Å². The van der Waals surface area contributed by atoms with Crippen LogP contribution in [-0.2, 0) is 23.1 Å². The molecule has 0 aromatic rings. The van der Waals surface area contributed by atoms with Crippen molar-refractivity contribution in [1.29, 1.82) is 0 Å². The van der Waals surface area contributed by atoms with Crippen molar-refractivity contribution >= 4 is 27.5 Å². The third kappa shape index (κ3) is 7.19. The van der Waals surface area contributed by atoms with Crippen LogP contribution in [0.1, 0.15) is 48.0 Å². The quantitative estimate of drug-likeness (QED) is 0.322. The standard InChI is InChI=1S/C20H41N2O5PSi/c1-10-24-19-16(21-20(25-11-2)18(22-19)15(5)6)14-17(29(7,8)9)28(23,26-12-3)27-13-4/h15-18H,10-14H2,1-9H3/t16-,17?,18+/m0/s1. The second kappa shape index (κ2) is 11.6. The Hall–Kier alpha value is -0.693. The maximum atomic E-state index is 13.7. The van der Waals surface area contributed by atoms with Crippen LogP contribution in [0, 0.1) is 5.92 Å². The molecule has 3 atom stereocenters. The Morgan fingerprint density at radius 2 is 1.41 bits per heavy atom. The molecule has 0 spiro atoms. The SMILES string of the molecule is CCOC1=N[C@H](C(C)C)C(OCC)=N[C@H]1CC([Si](C)(C)C)P(=O)(OCC)OCC. The Kier molecular flexibility index (Phi) is 10.6. The van der Waals surface area contributed by atoms with E-state index in [4.69, 9.17) is 28.5 Å². The van der Waals surface area contributed by atoms with Crippen LogP contribution in [0.2, 0.25) is 19.6 Å². The summed E-state index contributed by atoms with van der Waals surface area (Å²) in [6.07, 6.45) is 0.507. The summed E-state index contributed by atoms with van der Waals surface area (Å²) in [6, 6.07) is -0.513. The molecule has 1 unspecified atom stereocenters. The molecule has 0 aliphatic carbocycles. The smallest absolute Gasteiger partial charge is 0.331 e. The predicted molar refractivity (Wildman–Crippen MR) is 123 cm³/mol. The monoisotopic (exact) mass is 448 g/mol. The van der Waals surface area contributed by atoms with Crippen LogP contribution in [-0.4, -0.2) is 63.7 Å². The lowest BCUT2D eigenvalue weighted by Crippen LogP contribution is -2.45. The number of hydrogen-bond donors (Lipinski definition) is 0. The van der Waals surface area contributed by atoms with E-state index in [0.717, 1.165) is 0 Å². The summed E-state index contributed by atoms with van der Waals surface area (Å²) in [4.78, 5) is 9.73. The number of nitrogens with zero attached hydrogens (tertiary/aromatic N) is 2. The van der Waals surface area contributed by atoms with Crippen molar-refractivity contribution in [1.82, 2.24) is 0 Å². The second-order valence-electron chi connectivity index (χ2n) is 8.50. The zero-order valence-corrected chi connectivity index (χ0v) is 21.6. The van der Waals surface area contributed by atoms with E-state index in [1.165, 1.54) is 0 Å². The molecule has 0 amide bonds. The third-order valence-corrected chi connectivity index (χ3v) is 12.5. The molecule has 0 radical (unpaired) electrons. The minimum atomic E-state index is -3.29. The van der Waals surface area contributed by atoms with Gasteiger partial charge in [0.1, 0.15) is 12.1 Å². The average molecular weight is 449 g/mol.